The van der Waals surface area contributed by atoms with Gasteiger partial charge in [-0.2, -0.15) is 0 Å². The summed E-state index contributed by atoms with van der Waals surface area (Å²) >= 11 is 0. The summed E-state index contributed by atoms with van der Waals surface area (Å²) in [5.74, 6) is -0.0451. The Kier molecular flexibility index (Phi) is 6.66. The summed E-state index contributed by atoms with van der Waals surface area (Å²) in [5.41, 5.74) is 3.39. The summed E-state index contributed by atoms with van der Waals surface area (Å²) in [6, 6.07) is 18.4. The van der Waals surface area contributed by atoms with Crippen LogP contribution in [0.3, 0.4) is 0 Å². The van der Waals surface area contributed by atoms with E-state index in [1.54, 1.807) is 7.11 Å². The molecule has 1 aliphatic heterocycles. The molecule has 0 radical (unpaired) electrons. The Labute approximate surface area is 161 Å². The van der Waals surface area contributed by atoms with Crippen molar-refractivity contribution in [3.63, 3.8) is 0 Å². The Morgan fingerprint density at radius 1 is 1.19 bits per heavy atom. The highest BCUT2D eigenvalue weighted by atomic mass is 16.5. The molecular weight excluding hydrogens is 338 g/mol. The van der Waals surface area contributed by atoms with E-state index >= 15 is 0 Å². The van der Waals surface area contributed by atoms with E-state index in [1.807, 2.05) is 36.4 Å². The topological polar surface area (TPSA) is 49.8 Å². The van der Waals surface area contributed by atoms with Crippen LogP contribution in [0, 0.1) is 5.92 Å². The standard InChI is InChI=1S/C23H27NO3/c1-27-22-14-6-5-12-21(22)20(18-9-3-2-4-10-18)13-8-16-24-15-7-11-19(17-24)23(25)26/h2-6,9-10,12-14,19H,7-8,11,15-17H2,1H3,(H,25,26)/b20-13+/t19-/m1/s1. The lowest BCUT2D eigenvalue weighted by atomic mass is 9.95. The number of nitrogens with zero attached hydrogens (tertiary/aromatic N) is 1. The van der Waals surface area contributed by atoms with E-state index in [0.29, 0.717) is 6.54 Å². The third-order valence-corrected chi connectivity index (χ3v) is 5.13. The lowest BCUT2D eigenvalue weighted by Crippen LogP contribution is -2.39. The number of piperidine rings is 1. The quantitative estimate of drug-likeness (QED) is 0.794. The van der Waals surface area contributed by atoms with Crippen LogP contribution in [-0.2, 0) is 4.79 Å². The number of rotatable bonds is 7. The van der Waals surface area contributed by atoms with Gasteiger partial charge in [-0.15, -0.1) is 0 Å². The molecule has 4 nitrogen and oxygen atoms in total. The van der Waals surface area contributed by atoms with E-state index in [2.05, 4.69) is 29.2 Å². The van der Waals surface area contributed by atoms with E-state index < -0.39 is 5.97 Å². The van der Waals surface area contributed by atoms with E-state index in [1.165, 1.54) is 0 Å². The zero-order chi connectivity index (χ0) is 19.1. The number of hydrogen-bond acceptors (Lipinski definition) is 3. The van der Waals surface area contributed by atoms with E-state index in [-0.39, 0.29) is 5.92 Å². The summed E-state index contributed by atoms with van der Waals surface area (Å²) < 4.78 is 5.57. The number of carboxylic acid groups (broad SMARTS) is 1. The van der Waals surface area contributed by atoms with Crippen LogP contribution < -0.4 is 4.74 Å². The Balaban J connectivity index is 1.78. The van der Waals surface area contributed by atoms with Crippen LogP contribution >= 0.6 is 0 Å². The maximum atomic E-state index is 11.3. The summed E-state index contributed by atoms with van der Waals surface area (Å²) in [5, 5.41) is 9.27. The van der Waals surface area contributed by atoms with Gasteiger partial charge in [-0.1, -0.05) is 54.6 Å². The number of methoxy groups -OCH3 is 1. The Bertz CT molecular complexity index is 785. The zero-order valence-electron chi connectivity index (χ0n) is 15.8. The van der Waals surface area contributed by atoms with Crippen LogP contribution in [0.15, 0.2) is 60.7 Å². The second kappa shape index (κ2) is 9.38. The second-order valence-corrected chi connectivity index (χ2v) is 6.95. The minimum Gasteiger partial charge on any atom is -0.496 e. The molecule has 1 saturated heterocycles. The first kappa shape index (κ1) is 19.2. The molecule has 1 atom stereocenters. The summed E-state index contributed by atoms with van der Waals surface area (Å²) in [4.78, 5) is 13.5. The SMILES string of the molecule is COc1ccccc1/C(=C/CCN1CCC[C@@H](C(=O)O)C1)c1ccccc1. The van der Waals surface area contributed by atoms with Crippen LogP contribution in [-0.4, -0.2) is 42.7 Å². The molecule has 3 rings (SSSR count). The average molecular weight is 365 g/mol. The fraction of sp³-hybridized carbons (Fsp3) is 0.348. The van der Waals surface area contributed by atoms with Gasteiger partial charge in [-0.05, 0) is 43.0 Å². The minimum absolute atomic E-state index is 0.231. The zero-order valence-corrected chi connectivity index (χ0v) is 15.8. The molecule has 2 aromatic rings. The van der Waals surface area contributed by atoms with Crippen LogP contribution in [0.1, 0.15) is 30.4 Å². The first-order chi connectivity index (χ1) is 13.2. The molecule has 0 aliphatic carbocycles. The molecule has 2 aromatic carbocycles. The first-order valence-electron chi connectivity index (χ1n) is 9.53. The van der Waals surface area contributed by atoms with Crippen molar-refractivity contribution in [1.29, 1.82) is 0 Å². The van der Waals surface area contributed by atoms with Gasteiger partial charge in [0, 0.05) is 18.7 Å². The van der Waals surface area contributed by atoms with Gasteiger partial charge in [0.05, 0.1) is 13.0 Å². The Morgan fingerprint density at radius 3 is 2.67 bits per heavy atom. The molecule has 0 aromatic heterocycles. The molecule has 0 saturated carbocycles. The minimum atomic E-state index is -0.672. The molecule has 4 heteroatoms. The van der Waals surface area contributed by atoms with Gasteiger partial charge in [0.25, 0.3) is 0 Å². The number of carbonyl (C=O) groups is 1. The maximum absolute atomic E-state index is 11.3. The van der Waals surface area contributed by atoms with E-state index in [0.717, 1.165) is 54.8 Å². The number of para-hydroxylation sites is 1. The third-order valence-electron chi connectivity index (χ3n) is 5.13. The molecule has 0 bridgehead atoms. The van der Waals surface area contributed by atoms with Gasteiger partial charge in [0.15, 0.2) is 0 Å². The van der Waals surface area contributed by atoms with Gasteiger partial charge in [0.1, 0.15) is 5.75 Å². The molecule has 142 valence electrons. The molecule has 0 amide bonds. The monoisotopic (exact) mass is 365 g/mol. The highest BCUT2D eigenvalue weighted by Gasteiger charge is 2.24. The average Bonchev–Trinajstić information content (AvgIpc) is 2.72. The first-order valence-corrected chi connectivity index (χ1v) is 9.53. The highest BCUT2D eigenvalue weighted by molar-refractivity contribution is 5.82. The molecule has 1 fully saturated rings. The smallest absolute Gasteiger partial charge is 0.307 e. The summed E-state index contributed by atoms with van der Waals surface area (Å²) in [6.45, 7) is 2.50. The van der Waals surface area contributed by atoms with Crippen LogP contribution in [0.4, 0.5) is 0 Å². The van der Waals surface area contributed by atoms with Crippen molar-refractivity contribution in [1.82, 2.24) is 4.90 Å². The fourth-order valence-electron chi connectivity index (χ4n) is 3.72. The molecule has 1 heterocycles. The third kappa shape index (κ3) is 4.98. The van der Waals surface area contributed by atoms with E-state index in [9.17, 15) is 9.90 Å². The van der Waals surface area contributed by atoms with E-state index in [4.69, 9.17) is 4.74 Å². The molecule has 0 spiro atoms. The Hall–Kier alpha value is -2.59. The molecule has 0 unspecified atom stereocenters. The number of carboxylic acids is 1. The lowest BCUT2D eigenvalue weighted by molar-refractivity contribution is -0.143. The van der Waals surface area contributed by atoms with Crippen molar-refractivity contribution in [3.8, 4) is 5.75 Å². The molecular formula is C23H27NO3. The lowest BCUT2D eigenvalue weighted by Gasteiger charge is -2.30. The maximum Gasteiger partial charge on any atom is 0.307 e. The van der Waals surface area contributed by atoms with Gasteiger partial charge in [0.2, 0.25) is 0 Å². The summed E-state index contributed by atoms with van der Waals surface area (Å²) in [6.07, 6.45) is 4.86. The molecule has 27 heavy (non-hydrogen) atoms. The molecule has 1 aliphatic rings. The van der Waals surface area contributed by atoms with Crippen LogP contribution in [0.5, 0.6) is 5.75 Å². The van der Waals surface area contributed by atoms with Crippen molar-refractivity contribution in [2.24, 2.45) is 5.92 Å². The normalized spacial score (nSPS) is 18.3. The summed E-state index contributed by atoms with van der Waals surface area (Å²) in [7, 11) is 1.70. The van der Waals surface area contributed by atoms with Crippen LogP contribution in [0.2, 0.25) is 0 Å². The fourth-order valence-corrected chi connectivity index (χ4v) is 3.72. The number of benzene rings is 2. The van der Waals surface area contributed by atoms with Gasteiger partial charge >= 0.3 is 5.97 Å². The predicted octanol–water partition coefficient (Wildman–Crippen LogP) is 4.31. The number of aliphatic carboxylic acids is 1. The van der Waals surface area contributed by atoms with Gasteiger partial charge in [-0.3, -0.25) is 4.79 Å². The largest absolute Gasteiger partial charge is 0.496 e. The predicted molar refractivity (Wildman–Crippen MR) is 108 cm³/mol. The number of likely N-dealkylation sites (tertiary alicyclic amines) is 1. The highest BCUT2D eigenvalue weighted by Crippen LogP contribution is 2.31. The number of ether oxygens (including phenoxy) is 1. The Morgan fingerprint density at radius 2 is 1.93 bits per heavy atom. The van der Waals surface area contributed by atoms with Crippen molar-refractivity contribution in [2.75, 3.05) is 26.7 Å². The second-order valence-electron chi connectivity index (χ2n) is 6.95. The van der Waals surface area contributed by atoms with Crippen LogP contribution in [0.25, 0.3) is 5.57 Å². The van der Waals surface area contributed by atoms with Crippen molar-refractivity contribution >= 4 is 11.5 Å². The van der Waals surface area contributed by atoms with Gasteiger partial charge < -0.3 is 14.7 Å². The van der Waals surface area contributed by atoms with Crippen molar-refractivity contribution < 1.29 is 14.6 Å². The van der Waals surface area contributed by atoms with Crippen molar-refractivity contribution in [2.45, 2.75) is 19.3 Å². The van der Waals surface area contributed by atoms with Crippen molar-refractivity contribution in [3.05, 3.63) is 71.8 Å². The van der Waals surface area contributed by atoms with Gasteiger partial charge in [-0.25, -0.2) is 0 Å². The number of hydrogen-bond donors (Lipinski definition) is 1. The molecule has 1 N–H and O–H groups in total.